The number of aromatic nitrogens is 1. The predicted octanol–water partition coefficient (Wildman–Crippen LogP) is 3.96. The van der Waals surface area contributed by atoms with Crippen LogP contribution in [0.2, 0.25) is 0 Å². The number of pyridine rings is 1. The molecule has 0 unspecified atom stereocenters. The largest absolute Gasteiger partial charge is 0.369 e. The maximum absolute atomic E-state index is 12.6. The minimum atomic E-state index is 0.158. The van der Waals surface area contributed by atoms with Crippen molar-refractivity contribution < 1.29 is 4.79 Å². The van der Waals surface area contributed by atoms with Gasteiger partial charge >= 0.3 is 0 Å². The standard InChI is InChI=1S/C22H23N3OS/c1-24-12-14-25(15-13-24)18-8-6-17(7-9-18)21(26)16-27-22-10-11-23-20-5-3-2-4-19(20)22/h2-11H,12-16H2,1H3. The Morgan fingerprint density at radius 2 is 1.74 bits per heavy atom. The number of fused-ring (bicyclic) bond motifs is 1. The number of para-hydroxylation sites is 1. The summed E-state index contributed by atoms with van der Waals surface area (Å²) >= 11 is 1.58. The Hall–Kier alpha value is -2.37. The number of likely N-dealkylation sites (N-methyl/N-ethyl adjacent to an activating group) is 1. The lowest BCUT2D eigenvalue weighted by molar-refractivity contribution is 0.102. The second-order valence-electron chi connectivity index (χ2n) is 6.88. The number of benzene rings is 2. The zero-order valence-corrected chi connectivity index (χ0v) is 16.3. The van der Waals surface area contributed by atoms with Gasteiger partial charge in [-0.15, -0.1) is 11.8 Å². The minimum Gasteiger partial charge on any atom is -0.369 e. The Kier molecular flexibility index (Phi) is 5.41. The van der Waals surface area contributed by atoms with Gasteiger partial charge in [-0.25, -0.2) is 0 Å². The van der Waals surface area contributed by atoms with Gasteiger partial charge in [0.25, 0.3) is 0 Å². The number of Topliss-reactive ketones (excluding diaryl/α,β-unsaturated/α-hetero) is 1. The van der Waals surface area contributed by atoms with Crippen molar-refractivity contribution in [3.63, 3.8) is 0 Å². The second-order valence-corrected chi connectivity index (χ2v) is 7.89. The van der Waals surface area contributed by atoms with Crippen molar-refractivity contribution in [2.24, 2.45) is 0 Å². The van der Waals surface area contributed by atoms with Gasteiger partial charge in [0.05, 0.1) is 11.3 Å². The van der Waals surface area contributed by atoms with Crippen LogP contribution in [0.5, 0.6) is 0 Å². The quantitative estimate of drug-likeness (QED) is 0.497. The van der Waals surface area contributed by atoms with Crippen LogP contribution in [0.1, 0.15) is 10.4 Å². The van der Waals surface area contributed by atoms with Gasteiger partial charge in [-0.3, -0.25) is 9.78 Å². The van der Waals surface area contributed by atoms with E-state index in [2.05, 4.69) is 40.0 Å². The molecule has 1 aliphatic rings. The first-order valence-corrected chi connectivity index (χ1v) is 10.2. The number of nitrogens with zero attached hydrogens (tertiary/aromatic N) is 3. The molecule has 1 aromatic heterocycles. The van der Waals surface area contributed by atoms with Gasteiger partial charge in [0.2, 0.25) is 0 Å². The number of ketones is 1. The molecule has 0 aliphatic carbocycles. The SMILES string of the molecule is CN1CCN(c2ccc(C(=O)CSc3ccnc4ccccc34)cc2)CC1. The summed E-state index contributed by atoms with van der Waals surface area (Å²) in [5.41, 5.74) is 2.94. The molecule has 27 heavy (non-hydrogen) atoms. The Bertz CT molecular complexity index is 928. The van der Waals surface area contributed by atoms with E-state index in [0.29, 0.717) is 5.75 Å². The molecule has 0 radical (unpaired) electrons. The molecule has 0 N–H and O–H groups in total. The van der Waals surface area contributed by atoms with Gasteiger partial charge in [-0.1, -0.05) is 18.2 Å². The van der Waals surface area contributed by atoms with Gasteiger partial charge in [0, 0.05) is 53.9 Å². The van der Waals surface area contributed by atoms with E-state index in [1.165, 1.54) is 5.69 Å². The molecular weight excluding hydrogens is 354 g/mol. The number of hydrogen-bond acceptors (Lipinski definition) is 5. The molecule has 2 aromatic carbocycles. The number of thioether (sulfide) groups is 1. The van der Waals surface area contributed by atoms with E-state index in [1.807, 2.05) is 36.4 Å². The number of carbonyl (C=O) groups excluding carboxylic acids is 1. The van der Waals surface area contributed by atoms with Crippen LogP contribution in [0.4, 0.5) is 5.69 Å². The average molecular weight is 378 g/mol. The average Bonchev–Trinajstić information content (AvgIpc) is 2.72. The molecular formula is C22H23N3OS. The summed E-state index contributed by atoms with van der Waals surface area (Å²) in [4.78, 5) is 22.8. The normalized spacial score (nSPS) is 15.2. The fraction of sp³-hybridized carbons (Fsp3) is 0.273. The van der Waals surface area contributed by atoms with Gasteiger partial charge in [-0.2, -0.15) is 0 Å². The molecule has 3 aromatic rings. The Morgan fingerprint density at radius 3 is 2.52 bits per heavy atom. The highest BCUT2D eigenvalue weighted by molar-refractivity contribution is 8.00. The van der Waals surface area contributed by atoms with E-state index < -0.39 is 0 Å². The monoisotopic (exact) mass is 377 g/mol. The van der Waals surface area contributed by atoms with Crippen LogP contribution >= 0.6 is 11.8 Å². The highest BCUT2D eigenvalue weighted by Gasteiger charge is 2.15. The molecule has 0 bridgehead atoms. The van der Waals surface area contributed by atoms with Crippen LogP contribution < -0.4 is 4.90 Å². The van der Waals surface area contributed by atoms with Crippen LogP contribution in [-0.2, 0) is 0 Å². The summed E-state index contributed by atoms with van der Waals surface area (Å²) in [6.07, 6.45) is 1.81. The van der Waals surface area contributed by atoms with Crippen molar-refractivity contribution in [2.45, 2.75) is 4.90 Å². The van der Waals surface area contributed by atoms with Crippen LogP contribution in [0.15, 0.2) is 65.7 Å². The van der Waals surface area contributed by atoms with Crippen LogP contribution in [-0.4, -0.2) is 54.6 Å². The lowest BCUT2D eigenvalue weighted by Gasteiger charge is -2.34. The highest BCUT2D eigenvalue weighted by Crippen LogP contribution is 2.27. The maximum Gasteiger partial charge on any atom is 0.173 e. The van der Waals surface area contributed by atoms with E-state index in [1.54, 1.807) is 18.0 Å². The fourth-order valence-corrected chi connectivity index (χ4v) is 4.28. The first-order valence-electron chi connectivity index (χ1n) is 9.24. The molecule has 138 valence electrons. The fourth-order valence-electron chi connectivity index (χ4n) is 3.34. The topological polar surface area (TPSA) is 36.4 Å². The van der Waals surface area contributed by atoms with E-state index >= 15 is 0 Å². The molecule has 5 heteroatoms. The summed E-state index contributed by atoms with van der Waals surface area (Å²) in [5, 5.41) is 1.10. The lowest BCUT2D eigenvalue weighted by atomic mass is 10.1. The van der Waals surface area contributed by atoms with Crippen LogP contribution in [0.25, 0.3) is 10.9 Å². The van der Waals surface area contributed by atoms with Gasteiger partial charge in [-0.05, 0) is 43.4 Å². The van der Waals surface area contributed by atoms with E-state index in [9.17, 15) is 4.79 Å². The summed E-state index contributed by atoms with van der Waals surface area (Å²) in [6, 6.07) is 18.1. The molecule has 1 fully saturated rings. The third-order valence-corrected chi connectivity index (χ3v) is 6.10. The summed E-state index contributed by atoms with van der Waals surface area (Å²) < 4.78 is 0. The summed E-state index contributed by atoms with van der Waals surface area (Å²) in [6.45, 7) is 4.23. The van der Waals surface area contributed by atoms with Crippen molar-refractivity contribution in [1.29, 1.82) is 0 Å². The Balaban J connectivity index is 1.41. The number of rotatable bonds is 5. The zero-order valence-electron chi connectivity index (χ0n) is 15.5. The Labute approximate surface area is 164 Å². The molecule has 1 aliphatic heterocycles. The maximum atomic E-state index is 12.6. The summed E-state index contributed by atoms with van der Waals surface area (Å²) in [5.74, 6) is 0.591. The van der Waals surface area contributed by atoms with E-state index in [-0.39, 0.29) is 5.78 Å². The van der Waals surface area contributed by atoms with Gasteiger partial charge in [0.15, 0.2) is 5.78 Å². The number of hydrogen-bond donors (Lipinski definition) is 0. The van der Waals surface area contributed by atoms with Crippen molar-refractivity contribution >= 4 is 34.1 Å². The lowest BCUT2D eigenvalue weighted by Crippen LogP contribution is -2.44. The molecule has 4 rings (SSSR count). The molecule has 0 atom stereocenters. The van der Waals surface area contributed by atoms with Crippen LogP contribution in [0, 0.1) is 0 Å². The third kappa shape index (κ3) is 4.15. The van der Waals surface area contributed by atoms with Crippen molar-refractivity contribution in [3.05, 3.63) is 66.4 Å². The van der Waals surface area contributed by atoms with Crippen LogP contribution in [0.3, 0.4) is 0 Å². The smallest absolute Gasteiger partial charge is 0.173 e. The number of piperazine rings is 1. The number of carbonyl (C=O) groups is 1. The first-order chi connectivity index (χ1) is 13.2. The molecule has 0 spiro atoms. The second kappa shape index (κ2) is 8.11. The van der Waals surface area contributed by atoms with Crippen molar-refractivity contribution in [1.82, 2.24) is 9.88 Å². The zero-order chi connectivity index (χ0) is 18.6. The molecule has 0 amide bonds. The first kappa shape index (κ1) is 18.0. The molecule has 0 saturated carbocycles. The molecule has 4 nitrogen and oxygen atoms in total. The highest BCUT2D eigenvalue weighted by atomic mass is 32.2. The van der Waals surface area contributed by atoms with E-state index in [4.69, 9.17) is 0 Å². The predicted molar refractivity (Wildman–Crippen MR) is 113 cm³/mol. The van der Waals surface area contributed by atoms with E-state index in [0.717, 1.165) is 47.5 Å². The molecule has 1 saturated heterocycles. The third-order valence-electron chi connectivity index (χ3n) is 5.03. The minimum absolute atomic E-state index is 0.158. The van der Waals surface area contributed by atoms with Crippen molar-refractivity contribution in [2.75, 3.05) is 43.9 Å². The van der Waals surface area contributed by atoms with Gasteiger partial charge in [0.1, 0.15) is 0 Å². The van der Waals surface area contributed by atoms with Gasteiger partial charge < -0.3 is 9.80 Å². The molecule has 2 heterocycles. The van der Waals surface area contributed by atoms with Crippen molar-refractivity contribution in [3.8, 4) is 0 Å². The Morgan fingerprint density at radius 1 is 1.00 bits per heavy atom. The number of anilines is 1. The summed E-state index contributed by atoms with van der Waals surface area (Å²) in [7, 11) is 2.16.